The number of anilines is 1. The molecule has 214 valence electrons. The number of nitrogens with one attached hydrogen (secondary N) is 1. The first-order chi connectivity index (χ1) is 18.5. The Balaban J connectivity index is 1.75. The van der Waals surface area contributed by atoms with Crippen LogP contribution in [0.3, 0.4) is 0 Å². The smallest absolute Gasteiger partial charge is 0.242 e. The van der Waals surface area contributed by atoms with E-state index >= 15 is 0 Å². The summed E-state index contributed by atoms with van der Waals surface area (Å²) in [6.45, 7) is 6.03. The molecule has 1 unspecified atom stereocenters. The van der Waals surface area contributed by atoms with Gasteiger partial charge in [0.05, 0.1) is 19.1 Å². The molecule has 1 aliphatic carbocycles. The number of aryl methyl sites for hydroxylation is 1. The number of hydrogen-bond donors (Lipinski definition) is 1. The monoisotopic (exact) mass is 557 g/mol. The molecule has 1 fully saturated rings. The first-order valence-electron chi connectivity index (χ1n) is 13.8. The largest absolute Gasteiger partial charge is 0.497 e. The summed E-state index contributed by atoms with van der Waals surface area (Å²) in [7, 11) is -1.96. The highest BCUT2D eigenvalue weighted by Crippen LogP contribution is 2.26. The molecule has 0 aromatic heterocycles. The van der Waals surface area contributed by atoms with Gasteiger partial charge in [-0.15, -0.1) is 0 Å². The maximum absolute atomic E-state index is 13.6. The van der Waals surface area contributed by atoms with Gasteiger partial charge in [0.2, 0.25) is 21.8 Å². The molecular formula is C30H43N3O5S. The molecule has 1 saturated carbocycles. The Labute approximate surface area is 233 Å². The Morgan fingerprint density at radius 3 is 2.44 bits per heavy atom. The molecule has 1 aliphatic rings. The first kappa shape index (κ1) is 30.5. The predicted octanol–water partition coefficient (Wildman–Crippen LogP) is 4.72. The molecule has 3 rings (SSSR count). The maximum atomic E-state index is 13.6. The maximum Gasteiger partial charge on any atom is 0.242 e. The first-order valence-corrected chi connectivity index (χ1v) is 15.6. The zero-order valence-electron chi connectivity index (χ0n) is 23.9. The third kappa shape index (κ3) is 8.46. The third-order valence-electron chi connectivity index (χ3n) is 7.60. The van der Waals surface area contributed by atoms with Crippen molar-refractivity contribution in [3.63, 3.8) is 0 Å². The van der Waals surface area contributed by atoms with Crippen molar-refractivity contribution in [3.05, 3.63) is 59.2 Å². The van der Waals surface area contributed by atoms with E-state index in [0.717, 1.165) is 42.4 Å². The molecule has 0 heterocycles. The number of carbonyl (C=O) groups is 2. The zero-order valence-corrected chi connectivity index (χ0v) is 24.7. The van der Waals surface area contributed by atoms with Gasteiger partial charge in [-0.05, 0) is 74.9 Å². The average Bonchev–Trinajstić information content (AvgIpc) is 2.91. The van der Waals surface area contributed by atoms with Crippen molar-refractivity contribution in [2.45, 2.75) is 84.3 Å². The number of methoxy groups -OCH3 is 1. The van der Waals surface area contributed by atoms with Crippen molar-refractivity contribution in [1.82, 2.24) is 10.2 Å². The Kier molecular flexibility index (Phi) is 10.8. The van der Waals surface area contributed by atoms with E-state index in [1.807, 2.05) is 50.2 Å². The van der Waals surface area contributed by atoms with E-state index < -0.39 is 16.1 Å². The second-order valence-electron chi connectivity index (χ2n) is 10.6. The predicted molar refractivity (Wildman–Crippen MR) is 155 cm³/mol. The van der Waals surface area contributed by atoms with Crippen molar-refractivity contribution in [1.29, 1.82) is 0 Å². The number of carbonyl (C=O) groups excluding carboxylic acids is 2. The summed E-state index contributed by atoms with van der Waals surface area (Å²) in [5, 5.41) is 3.14. The van der Waals surface area contributed by atoms with E-state index in [-0.39, 0.29) is 37.4 Å². The molecule has 2 amide bonds. The minimum absolute atomic E-state index is 0.113. The molecule has 2 aromatic rings. The Morgan fingerprint density at radius 2 is 1.77 bits per heavy atom. The molecule has 8 nitrogen and oxygen atoms in total. The second kappa shape index (κ2) is 13.8. The van der Waals surface area contributed by atoms with Gasteiger partial charge in [0.1, 0.15) is 11.8 Å². The van der Waals surface area contributed by atoms with Crippen molar-refractivity contribution in [2.24, 2.45) is 0 Å². The van der Waals surface area contributed by atoms with Gasteiger partial charge in [0.15, 0.2) is 0 Å². The van der Waals surface area contributed by atoms with Crippen LogP contribution in [0.25, 0.3) is 0 Å². The fraction of sp³-hybridized carbons (Fsp3) is 0.533. The van der Waals surface area contributed by atoms with Crippen molar-refractivity contribution < 1.29 is 22.7 Å². The summed E-state index contributed by atoms with van der Waals surface area (Å²) in [6.07, 6.45) is 6.93. The number of rotatable bonds is 12. The molecule has 0 spiro atoms. The van der Waals surface area contributed by atoms with Gasteiger partial charge in [-0.25, -0.2) is 8.42 Å². The molecule has 39 heavy (non-hydrogen) atoms. The molecule has 0 aliphatic heterocycles. The molecule has 0 radical (unpaired) electrons. The van der Waals surface area contributed by atoms with Gasteiger partial charge >= 0.3 is 0 Å². The second-order valence-corrected chi connectivity index (χ2v) is 12.5. The van der Waals surface area contributed by atoms with E-state index in [1.54, 1.807) is 25.0 Å². The number of hydrogen-bond acceptors (Lipinski definition) is 5. The minimum Gasteiger partial charge on any atom is -0.497 e. The van der Waals surface area contributed by atoms with Crippen molar-refractivity contribution in [3.8, 4) is 5.75 Å². The standard InChI is InChI=1S/C30H43N3O5S/c1-22-12-9-17-28(23(22)2)33(39(5,36)37)19-11-18-29(34)32(21-25-13-10-16-27(20-25)38-4)24(3)30(35)31-26-14-7-6-8-15-26/h9-10,12-13,16-17,20,24,26H,6-8,11,14-15,18-19,21H2,1-5H3,(H,31,35). The van der Waals surface area contributed by atoms with Crippen LogP contribution in [0.4, 0.5) is 5.69 Å². The number of nitrogens with zero attached hydrogens (tertiary/aromatic N) is 2. The van der Waals surface area contributed by atoms with Crippen molar-refractivity contribution in [2.75, 3.05) is 24.2 Å². The summed E-state index contributed by atoms with van der Waals surface area (Å²) < 4.78 is 32.0. The Hall–Kier alpha value is -3.07. The molecule has 1 atom stereocenters. The van der Waals surface area contributed by atoms with E-state index in [2.05, 4.69) is 5.32 Å². The molecule has 1 N–H and O–H groups in total. The van der Waals surface area contributed by atoms with Crippen LogP contribution >= 0.6 is 0 Å². The highest BCUT2D eigenvalue weighted by molar-refractivity contribution is 7.92. The fourth-order valence-corrected chi connectivity index (χ4v) is 6.12. The van der Waals surface area contributed by atoms with E-state index in [1.165, 1.54) is 17.0 Å². The topological polar surface area (TPSA) is 96.0 Å². The van der Waals surface area contributed by atoms with Crippen LogP contribution < -0.4 is 14.4 Å². The highest BCUT2D eigenvalue weighted by Gasteiger charge is 2.28. The van der Waals surface area contributed by atoms with Gasteiger partial charge in [0.25, 0.3) is 0 Å². The third-order valence-corrected chi connectivity index (χ3v) is 8.78. The summed E-state index contributed by atoms with van der Waals surface area (Å²) in [4.78, 5) is 28.4. The molecule has 0 bridgehead atoms. The van der Waals surface area contributed by atoms with Crippen LogP contribution in [0.5, 0.6) is 5.75 Å². The van der Waals surface area contributed by atoms with Crippen molar-refractivity contribution >= 4 is 27.5 Å². The normalized spacial score (nSPS) is 14.9. The van der Waals surface area contributed by atoms with Gasteiger partial charge in [-0.2, -0.15) is 0 Å². The van der Waals surface area contributed by atoms with Crippen LogP contribution in [0.15, 0.2) is 42.5 Å². The molecule has 9 heteroatoms. The Morgan fingerprint density at radius 1 is 1.08 bits per heavy atom. The van der Waals surface area contributed by atoms with Gasteiger partial charge < -0.3 is 15.0 Å². The van der Waals surface area contributed by atoms with Crippen LogP contribution in [0, 0.1) is 13.8 Å². The zero-order chi connectivity index (χ0) is 28.6. The fourth-order valence-electron chi connectivity index (χ4n) is 5.11. The lowest BCUT2D eigenvalue weighted by Crippen LogP contribution is -2.50. The van der Waals surface area contributed by atoms with E-state index in [4.69, 9.17) is 4.74 Å². The molecular weight excluding hydrogens is 514 g/mol. The molecule has 2 aromatic carbocycles. The average molecular weight is 558 g/mol. The number of benzene rings is 2. The SMILES string of the molecule is COc1cccc(CN(C(=O)CCCN(c2cccc(C)c2C)S(C)(=O)=O)C(C)C(=O)NC2CCCCC2)c1. The summed E-state index contributed by atoms with van der Waals surface area (Å²) in [6, 6.07) is 12.5. The lowest BCUT2D eigenvalue weighted by molar-refractivity contribution is -0.141. The van der Waals surface area contributed by atoms with Gasteiger partial charge in [-0.3, -0.25) is 13.9 Å². The summed E-state index contributed by atoms with van der Waals surface area (Å²) in [5.41, 5.74) is 3.37. The quantitative estimate of drug-likeness (QED) is 0.407. The van der Waals surface area contributed by atoms with Crippen LogP contribution in [0.2, 0.25) is 0 Å². The summed E-state index contributed by atoms with van der Waals surface area (Å²) >= 11 is 0. The number of sulfonamides is 1. The van der Waals surface area contributed by atoms with Crippen LogP contribution in [-0.4, -0.2) is 57.1 Å². The van der Waals surface area contributed by atoms with E-state index in [9.17, 15) is 18.0 Å². The Bertz CT molecular complexity index is 1240. The number of ether oxygens (including phenoxy) is 1. The molecule has 0 saturated heterocycles. The van der Waals surface area contributed by atoms with E-state index in [0.29, 0.717) is 17.9 Å². The highest BCUT2D eigenvalue weighted by atomic mass is 32.2. The van der Waals surface area contributed by atoms with Crippen LogP contribution in [-0.2, 0) is 26.2 Å². The number of amides is 2. The lowest BCUT2D eigenvalue weighted by atomic mass is 9.95. The lowest BCUT2D eigenvalue weighted by Gasteiger charge is -2.31. The summed E-state index contributed by atoms with van der Waals surface area (Å²) in [5.74, 6) is 0.321. The van der Waals surface area contributed by atoms with Gasteiger partial charge in [0, 0.05) is 25.6 Å². The van der Waals surface area contributed by atoms with Gasteiger partial charge in [-0.1, -0.05) is 43.5 Å². The minimum atomic E-state index is -3.55. The van der Waals surface area contributed by atoms with Crippen LogP contribution in [0.1, 0.15) is 68.6 Å².